The fraction of sp³-hybridized carbons (Fsp3) is 0.667. The molecular formula is C12H20N2O2S. The summed E-state index contributed by atoms with van der Waals surface area (Å²) >= 11 is 1.20. The SMILES string of the molecule is C=C(CNC(C)(C)C)CN1C(=O)CCSC1=O. The van der Waals surface area contributed by atoms with Gasteiger partial charge in [-0.15, -0.1) is 0 Å². The molecule has 0 radical (unpaired) electrons. The van der Waals surface area contributed by atoms with Gasteiger partial charge < -0.3 is 5.32 Å². The zero-order valence-corrected chi connectivity index (χ0v) is 11.5. The summed E-state index contributed by atoms with van der Waals surface area (Å²) in [6, 6.07) is 0. The monoisotopic (exact) mass is 256 g/mol. The highest BCUT2D eigenvalue weighted by Gasteiger charge is 2.26. The Balaban J connectivity index is 2.44. The standard InChI is InChI=1S/C12H20N2O2S/c1-9(7-13-12(2,3)4)8-14-10(15)5-6-17-11(14)16/h13H,1,5-8H2,2-4H3. The zero-order valence-electron chi connectivity index (χ0n) is 10.7. The minimum absolute atomic E-state index is 0.00755. The lowest BCUT2D eigenvalue weighted by Crippen LogP contribution is -2.42. The second kappa shape index (κ2) is 5.69. The van der Waals surface area contributed by atoms with Crippen LogP contribution in [0.2, 0.25) is 0 Å². The lowest BCUT2D eigenvalue weighted by atomic mass is 10.1. The Hall–Kier alpha value is -0.810. The quantitative estimate of drug-likeness (QED) is 0.782. The highest BCUT2D eigenvalue weighted by Crippen LogP contribution is 2.19. The molecule has 0 aliphatic carbocycles. The Labute approximate surface area is 107 Å². The highest BCUT2D eigenvalue weighted by atomic mass is 32.2. The van der Waals surface area contributed by atoms with Crippen LogP contribution in [-0.4, -0.2) is 40.4 Å². The fourth-order valence-corrected chi connectivity index (χ4v) is 2.14. The lowest BCUT2D eigenvalue weighted by Gasteiger charge is -2.26. The predicted molar refractivity (Wildman–Crippen MR) is 71.1 cm³/mol. The topological polar surface area (TPSA) is 49.4 Å². The average molecular weight is 256 g/mol. The summed E-state index contributed by atoms with van der Waals surface area (Å²) in [6.45, 7) is 11.0. The first-order valence-corrected chi connectivity index (χ1v) is 6.67. The van der Waals surface area contributed by atoms with Crippen molar-refractivity contribution in [3.05, 3.63) is 12.2 Å². The second-order valence-electron chi connectivity index (χ2n) is 5.20. The number of hydrogen-bond donors (Lipinski definition) is 1. The molecule has 0 atom stereocenters. The van der Waals surface area contributed by atoms with Gasteiger partial charge in [-0.3, -0.25) is 14.5 Å². The Kier molecular flexibility index (Phi) is 4.77. The number of amides is 2. The van der Waals surface area contributed by atoms with Gasteiger partial charge >= 0.3 is 0 Å². The van der Waals surface area contributed by atoms with Gasteiger partial charge in [0.2, 0.25) is 5.91 Å². The van der Waals surface area contributed by atoms with E-state index >= 15 is 0 Å². The molecule has 0 aromatic carbocycles. The number of rotatable bonds is 4. The largest absolute Gasteiger partial charge is 0.308 e. The van der Waals surface area contributed by atoms with Crippen molar-refractivity contribution in [3.8, 4) is 0 Å². The van der Waals surface area contributed by atoms with Crippen LogP contribution < -0.4 is 5.32 Å². The van der Waals surface area contributed by atoms with Crippen molar-refractivity contribution in [2.45, 2.75) is 32.7 Å². The van der Waals surface area contributed by atoms with Crippen LogP contribution in [0.1, 0.15) is 27.2 Å². The molecule has 1 fully saturated rings. The lowest BCUT2D eigenvalue weighted by molar-refractivity contribution is -0.127. The van der Waals surface area contributed by atoms with Crippen LogP contribution >= 0.6 is 11.8 Å². The summed E-state index contributed by atoms with van der Waals surface area (Å²) in [4.78, 5) is 24.4. The van der Waals surface area contributed by atoms with Crippen molar-refractivity contribution in [2.24, 2.45) is 0 Å². The number of hydrogen-bond acceptors (Lipinski definition) is 4. The predicted octanol–water partition coefficient (Wildman–Crippen LogP) is 2.02. The molecule has 5 heteroatoms. The molecule has 0 unspecified atom stereocenters. The molecule has 1 heterocycles. The number of imide groups is 1. The van der Waals surface area contributed by atoms with Crippen LogP contribution in [0, 0.1) is 0 Å². The molecule has 0 bridgehead atoms. The van der Waals surface area contributed by atoms with Crippen LogP contribution in [-0.2, 0) is 4.79 Å². The van der Waals surface area contributed by atoms with Crippen LogP contribution in [0.15, 0.2) is 12.2 Å². The first-order chi connectivity index (χ1) is 7.79. The Morgan fingerprint density at radius 3 is 2.65 bits per heavy atom. The van der Waals surface area contributed by atoms with Gasteiger partial charge in [-0.2, -0.15) is 0 Å². The second-order valence-corrected chi connectivity index (χ2v) is 6.24. The van der Waals surface area contributed by atoms with E-state index in [0.29, 0.717) is 25.3 Å². The molecule has 2 amide bonds. The molecule has 1 saturated heterocycles. The molecular weight excluding hydrogens is 236 g/mol. The summed E-state index contributed by atoms with van der Waals surface area (Å²) in [7, 11) is 0. The third-order valence-corrected chi connectivity index (χ3v) is 3.19. The van der Waals surface area contributed by atoms with Crippen molar-refractivity contribution >= 4 is 22.9 Å². The molecule has 0 aromatic rings. The van der Waals surface area contributed by atoms with E-state index in [0.717, 1.165) is 5.57 Å². The summed E-state index contributed by atoms with van der Waals surface area (Å²) in [5, 5.41) is 3.13. The molecule has 0 saturated carbocycles. The fourth-order valence-electron chi connectivity index (χ4n) is 1.36. The van der Waals surface area contributed by atoms with Gasteiger partial charge in [-0.25, -0.2) is 0 Å². The van der Waals surface area contributed by atoms with Crippen molar-refractivity contribution in [2.75, 3.05) is 18.8 Å². The van der Waals surface area contributed by atoms with Gasteiger partial charge in [0.1, 0.15) is 0 Å². The zero-order chi connectivity index (χ0) is 13.1. The van der Waals surface area contributed by atoms with E-state index in [9.17, 15) is 9.59 Å². The van der Waals surface area contributed by atoms with E-state index in [-0.39, 0.29) is 16.7 Å². The minimum atomic E-state index is -0.154. The molecule has 0 aromatic heterocycles. The van der Waals surface area contributed by atoms with Crippen molar-refractivity contribution < 1.29 is 9.59 Å². The molecule has 1 rings (SSSR count). The van der Waals surface area contributed by atoms with Crippen LogP contribution in [0.4, 0.5) is 4.79 Å². The van der Waals surface area contributed by atoms with E-state index in [1.165, 1.54) is 16.7 Å². The molecule has 4 nitrogen and oxygen atoms in total. The number of carbonyl (C=O) groups excluding carboxylic acids is 2. The number of carbonyl (C=O) groups is 2. The number of nitrogens with one attached hydrogen (secondary N) is 1. The summed E-state index contributed by atoms with van der Waals surface area (Å²) in [5.41, 5.74) is 0.859. The van der Waals surface area contributed by atoms with Crippen LogP contribution in [0.5, 0.6) is 0 Å². The van der Waals surface area contributed by atoms with Gasteiger partial charge in [0.25, 0.3) is 5.24 Å². The summed E-state index contributed by atoms with van der Waals surface area (Å²) in [6.07, 6.45) is 0.441. The van der Waals surface area contributed by atoms with E-state index in [2.05, 4.69) is 32.7 Å². The molecule has 17 heavy (non-hydrogen) atoms. The van der Waals surface area contributed by atoms with E-state index in [1.807, 2.05) is 0 Å². The van der Waals surface area contributed by atoms with E-state index in [4.69, 9.17) is 0 Å². The Morgan fingerprint density at radius 2 is 2.12 bits per heavy atom. The van der Waals surface area contributed by atoms with Crippen molar-refractivity contribution in [1.29, 1.82) is 0 Å². The van der Waals surface area contributed by atoms with E-state index in [1.54, 1.807) is 0 Å². The van der Waals surface area contributed by atoms with Gasteiger partial charge in [-0.05, 0) is 26.3 Å². The smallest absolute Gasteiger partial charge is 0.288 e. The third kappa shape index (κ3) is 4.91. The normalized spacial score (nSPS) is 17.5. The van der Waals surface area contributed by atoms with Crippen LogP contribution in [0.25, 0.3) is 0 Å². The first-order valence-electron chi connectivity index (χ1n) is 5.68. The third-order valence-electron chi connectivity index (χ3n) is 2.31. The number of nitrogens with zero attached hydrogens (tertiary/aromatic N) is 1. The Bertz CT molecular complexity index is 318. The van der Waals surface area contributed by atoms with Gasteiger partial charge in [0, 0.05) is 24.3 Å². The molecule has 96 valence electrons. The maximum Gasteiger partial charge on any atom is 0.288 e. The summed E-state index contributed by atoms with van der Waals surface area (Å²) < 4.78 is 0. The molecule has 0 spiro atoms. The molecule has 1 aliphatic heterocycles. The van der Waals surface area contributed by atoms with Crippen molar-refractivity contribution in [1.82, 2.24) is 10.2 Å². The average Bonchev–Trinajstić information content (AvgIpc) is 2.20. The highest BCUT2D eigenvalue weighted by molar-refractivity contribution is 8.13. The summed E-state index contributed by atoms with van der Waals surface area (Å²) in [5.74, 6) is 0.506. The van der Waals surface area contributed by atoms with Gasteiger partial charge in [0.15, 0.2) is 0 Å². The maximum atomic E-state index is 11.6. The van der Waals surface area contributed by atoms with Gasteiger partial charge in [0.05, 0.1) is 6.54 Å². The van der Waals surface area contributed by atoms with Crippen LogP contribution in [0.3, 0.4) is 0 Å². The molecule has 1 aliphatic rings. The maximum absolute atomic E-state index is 11.6. The Morgan fingerprint density at radius 1 is 1.47 bits per heavy atom. The molecule has 1 N–H and O–H groups in total. The minimum Gasteiger partial charge on any atom is -0.308 e. The van der Waals surface area contributed by atoms with Crippen molar-refractivity contribution in [3.63, 3.8) is 0 Å². The first kappa shape index (κ1) is 14.3. The van der Waals surface area contributed by atoms with Gasteiger partial charge in [-0.1, -0.05) is 18.3 Å². The number of thioether (sulfide) groups is 1. The van der Waals surface area contributed by atoms with E-state index < -0.39 is 0 Å².